The highest BCUT2D eigenvalue weighted by atomic mass is 16.5. The van der Waals surface area contributed by atoms with Crippen molar-refractivity contribution in [2.24, 2.45) is 23.7 Å². The molecule has 3 aliphatic rings. The standard InChI is InChI=1S/C18H21NO4/c1-23-14-5-3-2-4-13(14)10-19-17(20)15-11-6-8-12(9-7-11)16(15)18(21)22/h2-6,8,11-12,15-16H,7,9-10H2,1H3,(H,19,20)(H,21,22)/t11-,12-,15+,16-/m0/s1. The molecule has 1 aromatic rings. The maximum atomic E-state index is 12.6. The van der Waals surface area contributed by atoms with E-state index in [-0.39, 0.29) is 17.7 Å². The van der Waals surface area contributed by atoms with Crippen LogP contribution in [-0.4, -0.2) is 24.1 Å². The van der Waals surface area contributed by atoms with Crippen LogP contribution in [-0.2, 0) is 16.1 Å². The minimum atomic E-state index is -0.874. The summed E-state index contributed by atoms with van der Waals surface area (Å²) in [6, 6.07) is 7.48. The molecule has 2 N–H and O–H groups in total. The van der Waals surface area contributed by atoms with Crippen molar-refractivity contribution in [2.45, 2.75) is 19.4 Å². The van der Waals surface area contributed by atoms with Crippen LogP contribution in [0.5, 0.6) is 5.75 Å². The Hall–Kier alpha value is -2.30. The number of fused-ring (bicyclic) bond motifs is 2. The molecule has 0 heterocycles. The molecule has 4 atom stereocenters. The third-order valence-corrected chi connectivity index (χ3v) is 4.98. The number of aliphatic carboxylic acids is 1. The minimum absolute atomic E-state index is 0.0266. The van der Waals surface area contributed by atoms with Crippen molar-refractivity contribution >= 4 is 11.9 Å². The van der Waals surface area contributed by atoms with E-state index in [0.29, 0.717) is 12.3 Å². The summed E-state index contributed by atoms with van der Waals surface area (Å²) < 4.78 is 5.28. The number of methoxy groups -OCH3 is 1. The summed E-state index contributed by atoms with van der Waals surface area (Å²) in [5.74, 6) is -1.43. The summed E-state index contributed by atoms with van der Waals surface area (Å²) in [5.41, 5.74) is 0.881. The fourth-order valence-electron chi connectivity index (χ4n) is 3.84. The second-order valence-electron chi connectivity index (χ2n) is 6.21. The van der Waals surface area contributed by atoms with Gasteiger partial charge in [-0.05, 0) is 30.7 Å². The molecule has 0 aromatic heterocycles. The maximum Gasteiger partial charge on any atom is 0.307 e. The van der Waals surface area contributed by atoms with Gasteiger partial charge in [-0.25, -0.2) is 0 Å². The van der Waals surface area contributed by atoms with E-state index in [9.17, 15) is 14.7 Å². The lowest BCUT2D eigenvalue weighted by molar-refractivity contribution is -0.153. The number of benzene rings is 1. The van der Waals surface area contributed by atoms with E-state index in [2.05, 4.69) is 5.32 Å². The van der Waals surface area contributed by atoms with Crippen molar-refractivity contribution in [3.05, 3.63) is 42.0 Å². The van der Waals surface area contributed by atoms with Gasteiger partial charge in [0.05, 0.1) is 18.9 Å². The zero-order valence-corrected chi connectivity index (χ0v) is 13.1. The quantitative estimate of drug-likeness (QED) is 0.817. The first-order chi connectivity index (χ1) is 11.1. The van der Waals surface area contributed by atoms with Crippen LogP contribution in [0.2, 0.25) is 0 Å². The van der Waals surface area contributed by atoms with Gasteiger partial charge in [0, 0.05) is 12.1 Å². The number of nitrogens with one attached hydrogen (secondary N) is 1. The number of para-hydroxylation sites is 1. The number of amides is 1. The zero-order valence-electron chi connectivity index (χ0n) is 13.1. The highest BCUT2D eigenvalue weighted by Gasteiger charge is 2.48. The highest BCUT2D eigenvalue weighted by Crippen LogP contribution is 2.45. The molecule has 0 spiro atoms. The summed E-state index contributed by atoms with van der Waals surface area (Å²) in [7, 11) is 1.59. The molecule has 1 fully saturated rings. The molecule has 5 heteroatoms. The number of hydrogen-bond acceptors (Lipinski definition) is 3. The summed E-state index contributed by atoms with van der Waals surface area (Å²) in [5, 5.41) is 12.4. The van der Waals surface area contributed by atoms with E-state index in [0.717, 1.165) is 18.4 Å². The maximum absolute atomic E-state index is 12.6. The van der Waals surface area contributed by atoms with Gasteiger partial charge < -0.3 is 15.2 Å². The summed E-state index contributed by atoms with van der Waals surface area (Å²) in [4.78, 5) is 24.2. The molecule has 1 aromatic carbocycles. The molecule has 0 unspecified atom stereocenters. The van der Waals surface area contributed by atoms with Gasteiger partial charge in [-0.3, -0.25) is 9.59 Å². The van der Waals surface area contributed by atoms with Crippen LogP contribution in [0.3, 0.4) is 0 Å². The lowest BCUT2D eigenvalue weighted by atomic mass is 9.62. The smallest absolute Gasteiger partial charge is 0.307 e. The number of hydrogen-bond donors (Lipinski definition) is 2. The van der Waals surface area contributed by atoms with Gasteiger partial charge in [-0.15, -0.1) is 0 Å². The Morgan fingerprint density at radius 1 is 1.17 bits per heavy atom. The van der Waals surface area contributed by atoms with Crippen LogP contribution in [0.4, 0.5) is 0 Å². The van der Waals surface area contributed by atoms with Gasteiger partial charge in [0.15, 0.2) is 0 Å². The molecule has 2 bridgehead atoms. The lowest BCUT2D eigenvalue weighted by Crippen LogP contribution is -2.48. The van der Waals surface area contributed by atoms with Gasteiger partial charge in [0.2, 0.25) is 5.91 Å². The molecular formula is C18H21NO4. The molecule has 5 nitrogen and oxygen atoms in total. The van der Waals surface area contributed by atoms with Crippen LogP contribution in [0.15, 0.2) is 36.4 Å². The Morgan fingerprint density at radius 3 is 2.43 bits per heavy atom. The van der Waals surface area contributed by atoms with Gasteiger partial charge in [0.25, 0.3) is 0 Å². The largest absolute Gasteiger partial charge is 0.496 e. The van der Waals surface area contributed by atoms with Crippen molar-refractivity contribution in [2.75, 3.05) is 7.11 Å². The summed E-state index contributed by atoms with van der Waals surface area (Å²) in [6.07, 6.45) is 5.73. The van der Waals surface area contributed by atoms with Crippen LogP contribution in [0, 0.1) is 23.7 Å². The number of carboxylic acids is 1. The Morgan fingerprint density at radius 2 is 1.83 bits per heavy atom. The van der Waals surface area contributed by atoms with Crippen molar-refractivity contribution in [1.82, 2.24) is 5.32 Å². The SMILES string of the molecule is COc1ccccc1CNC(=O)[C@H]1[C@@H](C(=O)O)[C@H]2C=C[C@H]1CC2. The zero-order chi connectivity index (χ0) is 16.4. The molecule has 4 rings (SSSR count). The van der Waals surface area contributed by atoms with E-state index in [1.807, 2.05) is 36.4 Å². The lowest BCUT2D eigenvalue weighted by Gasteiger charge is -2.41. The Labute approximate surface area is 135 Å². The van der Waals surface area contributed by atoms with Crippen molar-refractivity contribution < 1.29 is 19.4 Å². The molecule has 0 aliphatic heterocycles. The average molecular weight is 315 g/mol. The number of allylic oxidation sites excluding steroid dienone is 2. The topological polar surface area (TPSA) is 75.6 Å². The van der Waals surface area contributed by atoms with E-state index < -0.39 is 17.8 Å². The van der Waals surface area contributed by atoms with E-state index >= 15 is 0 Å². The molecule has 0 radical (unpaired) electrons. The van der Waals surface area contributed by atoms with Crippen LogP contribution < -0.4 is 10.1 Å². The van der Waals surface area contributed by atoms with Gasteiger partial charge in [-0.2, -0.15) is 0 Å². The Kier molecular flexibility index (Phi) is 4.37. The predicted octanol–water partition coefficient (Wildman–Crippen LogP) is 2.22. The molecule has 3 aliphatic carbocycles. The Bertz CT molecular complexity index is 640. The second kappa shape index (κ2) is 6.44. The number of ether oxygens (including phenoxy) is 1. The van der Waals surface area contributed by atoms with Gasteiger partial charge >= 0.3 is 5.97 Å². The van der Waals surface area contributed by atoms with Gasteiger partial charge in [-0.1, -0.05) is 30.4 Å². The fourth-order valence-corrected chi connectivity index (χ4v) is 3.84. The van der Waals surface area contributed by atoms with E-state index in [4.69, 9.17) is 4.74 Å². The first-order valence-electron chi connectivity index (χ1n) is 7.92. The van der Waals surface area contributed by atoms with Crippen molar-refractivity contribution in [3.63, 3.8) is 0 Å². The number of carbonyl (C=O) groups excluding carboxylic acids is 1. The first kappa shape index (κ1) is 15.6. The van der Waals surface area contributed by atoms with Crippen LogP contribution in [0.1, 0.15) is 18.4 Å². The summed E-state index contributed by atoms with van der Waals surface area (Å²) in [6.45, 7) is 0.340. The average Bonchev–Trinajstić information content (AvgIpc) is 2.59. The Balaban J connectivity index is 1.72. The fraction of sp³-hybridized carbons (Fsp3) is 0.444. The number of carboxylic acid groups (broad SMARTS) is 1. The third kappa shape index (κ3) is 2.96. The van der Waals surface area contributed by atoms with E-state index in [1.54, 1.807) is 7.11 Å². The number of rotatable bonds is 5. The normalized spacial score (nSPS) is 28.4. The third-order valence-electron chi connectivity index (χ3n) is 4.98. The number of carbonyl (C=O) groups is 2. The molecular weight excluding hydrogens is 294 g/mol. The van der Waals surface area contributed by atoms with Gasteiger partial charge in [0.1, 0.15) is 5.75 Å². The monoisotopic (exact) mass is 315 g/mol. The summed E-state index contributed by atoms with van der Waals surface area (Å²) >= 11 is 0. The molecule has 0 saturated heterocycles. The highest BCUT2D eigenvalue weighted by molar-refractivity contribution is 5.86. The second-order valence-corrected chi connectivity index (χ2v) is 6.21. The molecule has 23 heavy (non-hydrogen) atoms. The predicted molar refractivity (Wildman–Crippen MR) is 84.8 cm³/mol. The molecule has 1 amide bonds. The molecule has 1 saturated carbocycles. The van der Waals surface area contributed by atoms with Crippen molar-refractivity contribution in [1.29, 1.82) is 0 Å². The van der Waals surface area contributed by atoms with Crippen molar-refractivity contribution in [3.8, 4) is 5.75 Å². The molecule has 122 valence electrons. The van der Waals surface area contributed by atoms with Crippen LogP contribution in [0.25, 0.3) is 0 Å². The van der Waals surface area contributed by atoms with E-state index in [1.165, 1.54) is 0 Å². The van der Waals surface area contributed by atoms with Crippen LogP contribution >= 0.6 is 0 Å². The minimum Gasteiger partial charge on any atom is -0.496 e. The first-order valence-corrected chi connectivity index (χ1v) is 7.92.